The molecule has 5 N–H and O–H groups in total. The second kappa shape index (κ2) is 7.33. The number of fused-ring (bicyclic) bond motifs is 7. The summed E-state index contributed by atoms with van der Waals surface area (Å²) in [6.45, 7) is 1.36. The highest BCUT2D eigenvalue weighted by molar-refractivity contribution is 6.31. The number of benzene rings is 2. The largest absolute Gasteiger partial charge is 0.507 e. The second-order valence-electron chi connectivity index (χ2n) is 8.29. The Kier molecular flexibility index (Phi) is 4.66. The van der Waals surface area contributed by atoms with Crippen molar-refractivity contribution in [2.45, 2.75) is 36.7 Å². The predicted octanol–water partition coefficient (Wildman–Crippen LogP) is 1.09. The molecule has 0 spiro atoms. The van der Waals surface area contributed by atoms with Gasteiger partial charge >= 0.3 is 0 Å². The molecular formula is C26H19NO6. The van der Waals surface area contributed by atoms with Crippen LogP contribution >= 0.6 is 0 Å². The van der Waals surface area contributed by atoms with E-state index in [0.29, 0.717) is 0 Å². The van der Waals surface area contributed by atoms with Gasteiger partial charge in [0.1, 0.15) is 23.5 Å². The van der Waals surface area contributed by atoms with Crippen molar-refractivity contribution < 1.29 is 30.0 Å². The number of rotatable bonds is 1. The first-order valence-electron chi connectivity index (χ1n) is 10.4. The van der Waals surface area contributed by atoms with E-state index in [-0.39, 0.29) is 33.5 Å². The third kappa shape index (κ3) is 2.84. The number of ketones is 2. The molecular weight excluding hydrogens is 422 g/mol. The Balaban J connectivity index is 1.85. The molecule has 7 heteroatoms. The molecule has 2 unspecified atom stereocenters. The number of nitrogens with one attached hydrogen (secondary N) is 1. The molecule has 0 amide bonds. The zero-order valence-corrected chi connectivity index (χ0v) is 17.5. The summed E-state index contributed by atoms with van der Waals surface area (Å²) in [6.07, 6.45) is 0.0372. The molecule has 5 rings (SSSR count). The summed E-state index contributed by atoms with van der Waals surface area (Å²) >= 11 is 0. The standard InChI is InChI=1S/C26H19NO6/c1-13(28)26(33)19-11-5-3-2-4-10-17(29)22(26)16-12-18(30)20-21(23(16)27-19)25(32)15-9-7-6-8-14(15)24(20)31/h2-3,6-9,12-13,17,19,22,27-30,33H,1H3/b3-2-/t13-,17?,19+,22?,26+/m1/s1. The molecule has 1 aliphatic heterocycles. The van der Waals surface area contributed by atoms with Crippen molar-refractivity contribution in [3.05, 3.63) is 70.3 Å². The van der Waals surface area contributed by atoms with Gasteiger partial charge in [-0.3, -0.25) is 9.59 Å². The lowest BCUT2D eigenvalue weighted by atomic mass is 9.66. The molecule has 1 heterocycles. The lowest BCUT2D eigenvalue weighted by molar-refractivity contribution is -0.107. The fourth-order valence-electron chi connectivity index (χ4n) is 4.89. The summed E-state index contributed by atoms with van der Waals surface area (Å²) < 4.78 is 0. The Labute approximate surface area is 189 Å². The number of hydrogen-bond acceptors (Lipinski definition) is 7. The smallest absolute Gasteiger partial charge is 0.198 e. The molecule has 0 aromatic heterocycles. The lowest BCUT2D eigenvalue weighted by Crippen LogP contribution is -2.62. The van der Waals surface area contributed by atoms with Crippen LogP contribution in [0.5, 0.6) is 5.75 Å². The highest BCUT2D eigenvalue weighted by Gasteiger charge is 2.56. The normalized spacial score (nSPS) is 28.4. The average molecular weight is 441 g/mol. The molecule has 7 nitrogen and oxygen atoms in total. The average Bonchev–Trinajstić information content (AvgIpc) is 2.78. The van der Waals surface area contributed by atoms with Crippen LogP contribution in [0.1, 0.15) is 50.2 Å². The molecule has 2 bridgehead atoms. The summed E-state index contributed by atoms with van der Waals surface area (Å²) in [4.78, 5) is 26.7. The topological polar surface area (TPSA) is 127 Å². The lowest BCUT2D eigenvalue weighted by Gasteiger charge is -2.48. The molecule has 33 heavy (non-hydrogen) atoms. The molecule has 2 aromatic rings. The summed E-state index contributed by atoms with van der Waals surface area (Å²) in [5.41, 5.74) is -1.57. The summed E-state index contributed by atoms with van der Waals surface area (Å²) in [5, 5.41) is 47.0. The SMILES string of the molecule is C[C@@H](O)[C@@]1(O)C2c3cc(O)c4c(c3N[C@H]1C#C/C=C\C#CC2O)C(=O)c1ccccc1C4=O. The van der Waals surface area contributed by atoms with Gasteiger partial charge in [-0.2, -0.15) is 0 Å². The molecule has 5 atom stereocenters. The van der Waals surface area contributed by atoms with Crippen LogP contribution in [0.15, 0.2) is 42.5 Å². The van der Waals surface area contributed by atoms with E-state index in [4.69, 9.17) is 0 Å². The molecule has 2 aliphatic carbocycles. The second-order valence-corrected chi connectivity index (χ2v) is 8.29. The first-order chi connectivity index (χ1) is 15.8. The molecule has 164 valence electrons. The van der Waals surface area contributed by atoms with E-state index in [9.17, 15) is 30.0 Å². The number of allylic oxidation sites excluding steroid dienone is 2. The number of phenols is 1. The van der Waals surface area contributed by atoms with Gasteiger partial charge in [0.05, 0.1) is 28.8 Å². The fraction of sp³-hybridized carbons (Fsp3) is 0.231. The van der Waals surface area contributed by atoms with Gasteiger partial charge in [0.25, 0.3) is 0 Å². The van der Waals surface area contributed by atoms with Crippen molar-refractivity contribution in [1.82, 2.24) is 0 Å². The zero-order valence-electron chi connectivity index (χ0n) is 17.5. The molecule has 2 aromatic carbocycles. The number of hydrogen-bond donors (Lipinski definition) is 5. The van der Waals surface area contributed by atoms with Gasteiger partial charge in [0.2, 0.25) is 0 Å². The van der Waals surface area contributed by atoms with E-state index in [1.54, 1.807) is 12.1 Å². The zero-order chi connectivity index (χ0) is 23.5. The van der Waals surface area contributed by atoms with Crippen LogP contribution in [0, 0.1) is 23.7 Å². The van der Waals surface area contributed by atoms with E-state index >= 15 is 0 Å². The maximum absolute atomic E-state index is 13.5. The van der Waals surface area contributed by atoms with Gasteiger partial charge in [-0.05, 0) is 30.7 Å². The van der Waals surface area contributed by atoms with Crippen LogP contribution in [0.3, 0.4) is 0 Å². The maximum atomic E-state index is 13.5. The maximum Gasteiger partial charge on any atom is 0.198 e. The van der Waals surface area contributed by atoms with Gasteiger partial charge in [0, 0.05) is 11.1 Å². The van der Waals surface area contributed by atoms with Gasteiger partial charge in [-0.15, -0.1) is 0 Å². The van der Waals surface area contributed by atoms with Crippen LogP contribution in [-0.2, 0) is 0 Å². The van der Waals surface area contributed by atoms with E-state index in [2.05, 4.69) is 29.0 Å². The van der Waals surface area contributed by atoms with Gasteiger partial charge in [-0.1, -0.05) is 47.9 Å². The van der Waals surface area contributed by atoms with E-state index in [1.165, 1.54) is 37.3 Å². The minimum Gasteiger partial charge on any atom is -0.507 e. The van der Waals surface area contributed by atoms with Gasteiger partial charge in [-0.25, -0.2) is 0 Å². The first kappa shape index (κ1) is 21.0. The Bertz CT molecular complexity index is 1380. The van der Waals surface area contributed by atoms with Gasteiger partial charge in [0.15, 0.2) is 11.6 Å². The summed E-state index contributed by atoms with van der Waals surface area (Å²) in [6, 6.07) is 6.43. The number of carbonyl (C=O) groups excluding carboxylic acids is 2. The van der Waals surface area contributed by atoms with Crippen molar-refractivity contribution in [1.29, 1.82) is 0 Å². The number of phenolic OH excluding ortho intramolecular Hbond substituents is 1. The van der Waals surface area contributed by atoms with Crippen LogP contribution < -0.4 is 5.32 Å². The Hall–Kier alpha value is -3.88. The minimum absolute atomic E-state index is 0.0640. The van der Waals surface area contributed by atoms with Crippen molar-refractivity contribution in [3.8, 4) is 29.4 Å². The molecule has 3 aliphatic rings. The third-order valence-corrected chi connectivity index (χ3v) is 6.49. The summed E-state index contributed by atoms with van der Waals surface area (Å²) in [5.74, 6) is 8.11. The van der Waals surface area contributed by atoms with E-state index in [1.807, 2.05) is 0 Å². The molecule has 0 saturated heterocycles. The van der Waals surface area contributed by atoms with Crippen molar-refractivity contribution in [2.75, 3.05) is 5.32 Å². The highest BCUT2D eigenvalue weighted by Crippen LogP contribution is 2.50. The molecule has 0 fully saturated rings. The molecule has 0 radical (unpaired) electrons. The Morgan fingerprint density at radius 2 is 1.64 bits per heavy atom. The van der Waals surface area contributed by atoms with E-state index < -0.39 is 47.1 Å². The molecule has 0 saturated carbocycles. The number of anilines is 1. The third-order valence-electron chi connectivity index (χ3n) is 6.49. The number of carbonyl (C=O) groups is 2. The van der Waals surface area contributed by atoms with E-state index in [0.717, 1.165) is 0 Å². The quantitative estimate of drug-likeness (QED) is 0.283. The predicted molar refractivity (Wildman–Crippen MR) is 119 cm³/mol. The first-order valence-corrected chi connectivity index (χ1v) is 10.4. The van der Waals surface area contributed by atoms with Crippen molar-refractivity contribution >= 4 is 17.3 Å². The number of aromatic hydroxyl groups is 1. The van der Waals surface area contributed by atoms with Crippen LogP contribution in [-0.4, -0.2) is 55.8 Å². The minimum atomic E-state index is -2.03. The Morgan fingerprint density at radius 1 is 1.03 bits per heavy atom. The Morgan fingerprint density at radius 3 is 2.27 bits per heavy atom. The van der Waals surface area contributed by atoms with Crippen molar-refractivity contribution in [3.63, 3.8) is 0 Å². The number of aliphatic hydroxyl groups excluding tert-OH is 2. The van der Waals surface area contributed by atoms with Crippen LogP contribution in [0.25, 0.3) is 0 Å². The van der Waals surface area contributed by atoms with Gasteiger partial charge < -0.3 is 25.7 Å². The van der Waals surface area contributed by atoms with Crippen molar-refractivity contribution in [2.24, 2.45) is 0 Å². The monoisotopic (exact) mass is 441 g/mol. The number of aliphatic hydroxyl groups is 3. The fourth-order valence-corrected chi connectivity index (χ4v) is 4.89. The summed E-state index contributed by atoms with van der Waals surface area (Å²) in [7, 11) is 0. The highest BCUT2D eigenvalue weighted by atomic mass is 16.3. The van der Waals surface area contributed by atoms with Crippen LogP contribution in [0.2, 0.25) is 0 Å². The van der Waals surface area contributed by atoms with Crippen LogP contribution in [0.4, 0.5) is 5.69 Å².